The second-order valence-electron chi connectivity index (χ2n) is 10.9. The summed E-state index contributed by atoms with van der Waals surface area (Å²) in [6.45, 7) is 5.51. The van der Waals surface area contributed by atoms with E-state index in [1.165, 1.54) is 5.56 Å². The summed E-state index contributed by atoms with van der Waals surface area (Å²) in [6.07, 6.45) is 6.85. The summed E-state index contributed by atoms with van der Waals surface area (Å²) in [6, 6.07) is 23.1. The Morgan fingerprint density at radius 3 is 2.33 bits per heavy atom. The second-order valence-corrected chi connectivity index (χ2v) is 12.6. The lowest BCUT2D eigenvalue weighted by molar-refractivity contribution is 0.188. The number of urea groups is 1. The fourth-order valence-electron chi connectivity index (χ4n) is 5.22. The van der Waals surface area contributed by atoms with Gasteiger partial charge in [-0.25, -0.2) is 13.2 Å². The summed E-state index contributed by atoms with van der Waals surface area (Å²) in [5, 5.41) is 4.40. The molecule has 11 heteroatoms. The van der Waals surface area contributed by atoms with Crippen molar-refractivity contribution in [2.75, 3.05) is 35.5 Å². The van der Waals surface area contributed by atoms with Crippen LogP contribution in [-0.2, 0) is 16.6 Å². The first-order valence-corrected chi connectivity index (χ1v) is 16.4. The fourth-order valence-corrected chi connectivity index (χ4v) is 5.79. The SMILES string of the molecule is CCCCN(C(=O)NC1CCN(Cc2ccc(Oc3ccc(NS(C)(=O)=O)cc3)cc2)CC1)c1ccc2[nH]ccc2c1.Cl. The maximum absolute atomic E-state index is 13.4. The van der Waals surface area contributed by atoms with Crippen LogP contribution in [0.15, 0.2) is 79.0 Å². The molecule has 43 heavy (non-hydrogen) atoms. The van der Waals surface area contributed by atoms with E-state index >= 15 is 0 Å². The first-order valence-electron chi connectivity index (χ1n) is 14.5. The highest BCUT2D eigenvalue weighted by Gasteiger charge is 2.24. The quantitative estimate of drug-likeness (QED) is 0.171. The zero-order chi connectivity index (χ0) is 29.5. The third kappa shape index (κ3) is 9.13. The third-order valence-corrected chi connectivity index (χ3v) is 8.07. The highest BCUT2D eigenvalue weighted by molar-refractivity contribution is 7.92. The van der Waals surface area contributed by atoms with Gasteiger partial charge < -0.3 is 15.0 Å². The van der Waals surface area contributed by atoms with E-state index in [-0.39, 0.29) is 24.5 Å². The average Bonchev–Trinajstić information content (AvgIpc) is 3.44. The standard InChI is InChI=1S/C32H39N5O4S.ClH/c1-3-4-19-37(28-9-14-31-25(22-28)15-18-33-31)32(38)34-26-16-20-36(21-17-26)23-24-5-10-29(11-6-24)41-30-12-7-27(8-13-30)35-42(2,39)40;/h5-15,18,22,26,33,35H,3-4,16-17,19-21,23H2,1-2H3,(H,34,38);1H. The molecule has 0 unspecified atom stereocenters. The van der Waals surface area contributed by atoms with E-state index in [1.54, 1.807) is 24.3 Å². The zero-order valence-corrected chi connectivity index (χ0v) is 26.2. The number of piperidine rings is 1. The Bertz CT molecular complexity index is 1580. The van der Waals surface area contributed by atoms with E-state index in [0.717, 1.165) is 68.2 Å². The van der Waals surface area contributed by atoms with Gasteiger partial charge in [-0.15, -0.1) is 12.4 Å². The van der Waals surface area contributed by atoms with E-state index < -0.39 is 10.0 Å². The number of sulfonamides is 1. The van der Waals surface area contributed by atoms with Crippen LogP contribution in [0.1, 0.15) is 38.2 Å². The lowest BCUT2D eigenvalue weighted by Crippen LogP contribution is -2.49. The minimum atomic E-state index is -3.31. The predicted molar refractivity (Wildman–Crippen MR) is 176 cm³/mol. The molecule has 0 radical (unpaired) electrons. The molecule has 1 saturated heterocycles. The molecule has 3 N–H and O–H groups in total. The van der Waals surface area contributed by atoms with E-state index in [9.17, 15) is 13.2 Å². The minimum absolute atomic E-state index is 0. The van der Waals surface area contributed by atoms with Crippen LogP contribution in [0.3, 0.4) is 0 Å². The number of unbranched alkanes of at least 4 members (excludes halogenated alkanes) is 1. The molecule has 0 bridgehead atoms. The fraction of sp³-hybridized carbons (Fsp3) is 0.344. The number of halogens is 1. The number of H-pyrrole nitrogens is 1. The number of aromatic amines is 1. The number of anilines is 2. The lowest BCUT2D eigenvalue weighted by atomic mass is 10.0. The molecular weight excluding hydrogens is 586 g/mol. The molecule has 2 heterocycles. The van der Waals surface area contributed by atoms with Gasteiger partial charge in [-0.1, -0.05) is 25.5 Å². The normalized spacial score (nSPS) is 14.2. The minimum Gasteiger partial charge on any atom is -0.457 e. The van der Waals surface area contributed by atoms with Crippen LogP contribution >= 0.6 is 12.4 Å². The van der Waals surface area contributed by atoms with Crippen molar-refractivity contribution in [2.24, 2.45) is 0 Å². The molecule has 1 aromatic heterocycles. The summed E-state index contributed by atoms with van der Waals surface area (Å²) in [5.41, 5.74) is 3.69. The van der Waals surface area contributed by atoms with Crippen molar-refractivity contribution in [3.05, 3.63) is 84.6 Å². The van der Waals surface area contributed by atoms with Gasteiger partial charge in [-0.05, 0) is 85.5 Å². The van der Waals surface area contributed by atoms with Gasteiger partial charge in [0, 0.05) is 60.7 Å². The summed E-state index contributed by atoms with van der Waals surface area (Å²) in [5.74, 6) is 1.34. The number of aromatic nitrogens is 1. The van der Waals surface area contributed by atoms with Crippen LogP contribution < -0.4 is 19.7 Å². The average molecular weight is 626 g/mol. The molecule has 9 nitrogen and oxygen atoms in total. The number of benzene rings is 3. The lowest BCUT2D eigenvalue weighted by Gasteiger charge is -2.34. The predicted octanol–water partition coefficient (Wildman–Crippen LogP) is 6.73. The van der Waals surface area contributed by atoms with Crippen molar-refractivity contribution in [1.82, 2.24) is 15.2 Å². The monoisotopic (exact) mass is 625 g/mol. The van der Waals surface area contributed by atoms with Crippen LogP contribution in [0.2, 0.25) is 0 Å². The second kappa shape index (κ2) is 14.6. The van der Waals surface area contributed by atoms with E-state index in [0.29, 0.717) is 23.7 Å². The number of ether oxygens (including phenoxy) is 1. The number of amides is 2. The molecule has 0 atom stereocenters. The highest BCUT2D eigenvalue weighted by atomic mass is 35.5. The molecule has 4 aromatic rings. The van der Waals surface area contributed by atoms with Crippen LogP contribution in [0.4, 0.5) is 16.2 Å². The van der Waals surface area contributed by atoms with Crippen molar-refractivity contribution >= 4 is 50.7 Å². The molecule has 1 fully saturated rings. The Labute approximate surface area is 260 Å². The number of nitrogens with zero attached hydrogens (tertiary/aromatic N) is 2. The van der Waals surface area contributed by atoms with Crippen LogP contribution in [0.5, 0.6) is 11.5 Å². The Kier molecular flexibility index (Phi) is 11.0. The van der Waals surface area contributed by atoms with E-state index in [4.69, 9.17) is 4.74 Å². The molecule has 0 saturated carbocycles. The highest BCUT2D eigenvalue weighted by Crippen LogP contribution is 2.25. The van der Waals surface area contributed by atoms with Crippen LogP contribution in [-0.4, -0.2) is 56.3 Å². The molecule has 1 aliphatic heterocycles. The van der Waals surface area contributed by atoms with E-state index in [1.807, 2.05) is 41.4 Å². The number of rotatable bonds is 11. The number of likely N-dealkylation sites (tertiary alicyclic amines) is 1. The molecular formula is C32H40ClN5O4S. The Morgan fingerprint density at radius 1 is 1.00 bits per heavy atom. The van der Waals surface area contributed by atoms with Gasteiger partial charge in [-0.2, -0.15) is 0 Å². The molecule has 3 aromatic carbocycles. The largest absolute Gasteiger partial charge is 0.457 e. The topological polar surface area (TPSA) is 107 Å². The summed E-state index contributed by atoms with van der Waals surface area (Å²) in [7, 11) is -3.31. The van der Waals surface area contributed by atoms with Gasteiger partial charge in [0.25, 0.3) is 0 Å². The first-order chi connectivity index (χ1) is 20.3. The Morgan fingerprint density at radius 2 is 1.67 bits per heavy atom. The van der Waals surface area contributed by atoms with Gasteiger partial charge in [0.05, 0.1) is 6.26 Å². The molecule has 0 aliphatic carbocycles. The van der Waals surface area contributed by atoms with Gasteiger partial charge >= 0.3 is 6.03 Å². The first kappa shape index (κ1) is 32.2. The van der Waals surface area contributed by atoms with Gasteiger partial charge in [0.2, 0.25) is 10.0 Å². The van der Waals surface area contributed by atoms with Crippen molar-refractivity contribution in [1.29, 1.82) is 0 Å². The molecule has 5 rings (SSSR count). The van der Waals surface area contributed by atoms with Crippen molar-refractivity contribution in [3.63, 3.8) is 0 Å². The van der Waals surface area contributed by atoms with Gasteiger partial charge in [0.1, 0.15) is 11.5 Å². The third-order valence-electron chi connectivity index (χ3n) is 7.47. The summed E-state index contributed by atoms with van der Waals surface area (Å²) < 4.78 is 31.1. The number of carbonyl (C=O) groups excluding carboxylic acids is 1. The Hall–Kier alpha value is -3.73. The number of hydrogen-bond donors (Lipinski definition) is 3. The van der Waals surface area contributed by atoms with Crippen molar-refractivity contribution in [2.45, 2.75) is 45.2 Å². The maximum Gasteiger partial charge on any atom is 0.322 e. The van der Waals surface area contributed by atoms with E-state index in [2.05, 4.69) is 45.0 Å². The molecule has 1 aliphatic rings. The number of hydrogen-bond acceptors (Lipinski definition) is 5. The number of nitrogens with one attached hydrogen (secondary N) is 3. The van der Waals surface area contributed by atoms with Crippen molar-refractivity contribution < 1.29 is 17.9 Å². The van der Waals surface area contributed by atoms with Crippen LogP contribution in [0.25, 0.3) is 10.9 Å². The van der Waals surface area contributed by atoms with Gasteiger partial charge in [-0.3, -0.25) is 14.5 Å². The summed E-state index contributed by atoms with van der Waals surface area (Å²) >= 11 is 0. The smallest absolute Gasteiger partial charge is 0.322 e. The molecule has 2 amide bonds. The van der Waals surface area contributed by atoms with Crippen LogP contribution in [0, 0.1) is 0 Å². The molecule has 230 valence electrons. The number of fused-ring (bicyclic) bond motifs is 1. The maximum atomic E-state index is 13.4. The van der Waals surface area contributed by atoms with Crippen molar-refractivity contribution in [3.8, 4) is 11.5 Å². The van der Waals surface area contributed by atoms with Gasteiger partial charge in [0.15, 0.2) is 0 Å². The number of carbonyl (C=O) groups is 1. The molecule has 0 spiro atoms. The Balaban J connectivity index is 0.00000423. The summed E-state index contributed by atoms with van der Waals surface area (Å²) in [4.78, 5) is 20.9. The zero-order valence-electron chi connectivity index (χ0n) is 24.6.